The molecule has 0 saturated heterocycles. The molecular weight excluding hydrogens is 336 g/mol. The highest BCUT2D eigenvalue weighted by molar-refractivity contribution is 5.96. The van der Waals surface area contributed by atoms with E-state index in [0.717, 1.165) is 11.1 Å². The molecule has 0 fully saturated rings. The second-order valence-corrected chi connectivity index (χ2v) is 6.35. The molecule has 0 spiro atoms. The fraction of sp³-hybridized carbons (Fsp3) is 0.130. The van der Waals surface area contributed by atoms with Crippen molar-refractivity contribution >= 4 is 17.5 Å². The summed E-state index contributed by atoms with van der Waals surface area (Å²) >= 11 is 0. The van der Waals surface area contributed by atoms with Crippen molar-refractivity contribution in [3.63, 3.8) is 0 Å². The van der Waals surface area contributed by atoms with Gasteiger partial charge in [-0.2, -0.15) is 0 Å². The number of hydrogen-bond acceptors (Lipinski definition) is 2. The Labute approximate surface area is 159 Å². The Hall–Kier alpha value is -3.40. The highest BCUT2D eigenvalue weighted by atomic mass is 16.2. The Kier molecular flexibility index (Phi) is 6.00. The van der Waals surface area contributed by atoms with Crippen LogP contribution in [0.5, 0.6) is 0 Å². The van der Waals surface area contributed by atoms with E-state index in [1.165, 1.54) is 6.92 Å². The predicted molar refractivity (Wildman–Crippen MR) is 108 cm³/mol. The Balaban J connectivity index is 1.76. The molecule has 4 nitrogen and oxygen atoms in total. The molecule has 0 aromatic heterocycles. The summed E-state index contributed by atoms with van der Waals surface area (Å²) in [5, 5.41) is 5.72. The zero-order chi connectivity index (χ0) is 19.1. The molecule has 3 rings (SSSR count). The van der Waals surface area contributed by atoms with Crippen LogP contribution in [0.3, 0.4) is 0 Å². The van der Waals surface area contributed by atoms with Crippen molar-refractivity contribution in [1.29, 1.82) is 0 Å². The number of rotatable bonds is 6. The number of benzene rings is 3. The maximum Gasteiger partial charge on any atom is 0.251 e. The number of carbonyl (C=O) groups excluding carboxylic acids is 2. The smallest absolute Gasteiger partial charge is 0.251 e. The van der Waals surface area contributed by atoms with Crippen LogP contribution in [0.4, 0.5) is 5.69 Å². The van der Waals surface area contributed by atoms with Crippen molar-refractivity contribution < 1.29 is 9.59 Å². The van der Waals surface area contributed by atoms with Gasteiger partial charge in [0.2, 0.25) is 5.91 Å². The first-order valence-corrected chi connectivity index (χ1v) is 8.89. The summed E-state index contributed by atoms with van der Waals surface area (Å²) < 4.78 is 0. The first-order valence-electron chi connectivity index (χ1n) is 8.89. The van der Waals surface area contributed by atoms with Crippen molar-refractivity contribution in [1.82, 2.24) is 5.32 Å². The second kappa shape index (κ2) is 8.81. The average molecular weight is 358 g/mol. The summed E-state index contributed by atoms with van der Waals surface area (Å²) in [7, 11) is 0. The molecule has 3 aromatic carbocycles. The molecule has 4 heteroatoms. The summed E-state index contributed by atoms with van der Waals surface area (Å²) in [6.07, 6.45) is 0. The lowest BCUT2D eigenvalue weighted by atomic mass is 9.91. The van der Waals surface area contributed by atoms with Gasteiger partial charge in [-0.15, -0.1) is 0 Å². The fourth-order valence-corrected chi connectivity index (χ4v) is 3.04. The van der Waals surface area contributed by atoms with E-state index in [1.807, 2.05) is 36.4 Å². The van der Waals surface area contributed by atoms with E-state index in [9.17, 15) is 9.59 Å². The minimum atomic E-state index is -0.168. The van der Waals surface area contributed by atoms with Gasteiger partial charge in [-0.1, -0.05) is 66.7 Å². The van der Waals surface area contributed by atoms with Gasteiger partial charge in [0, 0.05) is 30.6 Å². The monoisotopic (exact) mass is 358 g/mol. The molecule has 0 unspecified atom stereocenters. The van der Waals surface area contributed by atoms with Crippen molar-refractivity contribution in [2.24, 2.45) is 0 Å². The van der Waals surface area contributed by atoms with E-state index in [2.05, 4.69) is 34.9 Å². The molecule has 2 N–H and O–H groups in total. The molecule has 0 bridgehead atoms. The van der Waals surface area contributed by atoms with E-state index in [0.29, 0.717) is 17.8 Å². The van der Waals surface area contributed by atoms with Crippen LogP contribution in [0.2, 0.25) is 0 Å². The number of hydrogen-bond donors (Lipinski definition) is 2. The van der Waals surface area contributed by atoms with Gasteiger partial charge in [-0.3, -0.25) is 9.59 Å². The van der Waals surface area contributed by atoms with Crippen LogP contribution in [-0.4, -0.2) is 18.4 Å². The van der Waals surface area contributed by atoms with Gasteiger partial charge in [-0.25, -0.2) is 0 Å². The lowest BCUT2D eigenvalue weighted by molar-refractivity contribution is -0.114. The first-order chi connectivity index (χ1) is 13.1. The predicted octanol–water partition coefficient (Wildman–Crippen LogP) is 4.21. The lowest BCUT2D eigenvalue weighted by Gasteiger charge is -2.19. The van der Waals surface area contributed by atoms with Crippen molar-refractivity contribution in [3.8, 4) is 0 Å². The van der Waals surface area contributed by atoms with Gasteiger partial charge in [0.25, 0.3) is 5.91 Å². The minimum Gasteiger partial charge on any atom is -0.351 e. The number of amides is 2. The number of nitrogens with one attached hydrogen (secondary N) is 2. The van der Waals surface area contributed by atoms with Crippen molar-refractivity contribution in [3.05, 3.63) is 102 Å². The molecule has 2 amide bonds. The maximum atomic E-state index is 12.6. The molecule has 0 heterocycles. The third-order valence-corrected chi connectivity index (χ3v) is 4.32. The van der Waals surface area contributed by atoms with Crippen LogP contribution in [0.1, 0.15) is 34.3 Å². The topological polar surface area (TPSA) is 58.2 Å². The normalized spacial score (nSPS) is 10.4. The van der Waals surface area contributed by atoms with Gasteiger partial charge in [-0.05, 0) is 29.3 Å². The van der Waals surface area contributed by atoms with E-state index < -0.39 is 0 Å². The van der Waals surface area contributed by atoms with Gasteiger partial charge in [0.05, 0.1) is 0 Å². The molecule has 0 radical (unpaired) electrons. The molecule has 0 atom stereocenters. The molecule has 0 aliphatic carbocycles. The SMILES string of the molecule is CC(=O)Nc1cccc(C(=O)NCC(c2ccccc2)c2ccccc2)c1. The summed E-state index contributed by atoms with van der Waals surface area (Å²) in [6, 6.07) is 27.2. The van der Waals surface area contributed by atoms with Gasteiger partial charge < -0.3 is 10.6 Å². The Bertz CT molecular complexity index is 868. The van der Waals surface area contributed by atoms with Crippen LogP contribution in [0, 0.1) is 0 Å². The standard InChI is InChI=1S/C23H22N2O2/c1-17(26)25-21-14-8-13-20(15-21)23(27)24-16-22(18-9-4-2-5-10-18)19-11-6-3-7-12-19/h2-15,22H,16H2,1H3,(H,24,27)(H,25,26). The average Bonchev–Trinajstić information content (AvgIpc) is 2.69. The zero-order valence-electron chi connectivity index (χ0n) is 15.2. The fourth-order valence-electron chi connectivity index (χ4n) is 3.04. The van der Waals surface area contributed by atoms with E-state index in [1.54, 1.807) is 24.3 Å². The quantitative estimate of drug-likeness (QED) is 0.693. The Morgan fingerprint density at radius 2 is 1.41 bits per heavy atom. The minimum absolute atomic E-state index is 0.0647. The van der Waals surface area contributed by atoms with Crippen LogP contribution < -0.4 is 10.6 Å². The van der Waals surface area contributed by atoms with E-state index in [-0.39, 0.29) is 17.7 Å². The molecule has 3 aromatic rings. The molecule has 27 heavy (non-hydrogen) atoms. The highest BCUT2D eigenvalue weighted by Gasteiger charge is 2.16. The van der Waals surface area contributed by atoms with Gasteiger partial charge >= 0.3 is 0 Å². The first kappa shape index (κ1) is 18.4. The summed E-state index contributed by atoms with van der Waals surface area (Å²) in [4.78, 5) is 23.8. The largest absolute Gasteiger partial charge is 0.351 e. The second-order valence-electron chi connectivity index (χ2n) is 6.35. The number of anilines is 1. The van der Waals surface area contributed by atoms with Crippen LogP contribution >= 0.6 is 0 Å². The van der Waals surface area contributed by atoms with Crippen molar-refractivity contribution in [2.45, 2.75) is 12.8 Å². The Morgan fingerprint density at radius 3 is 1.96 bits per heavy atom. The van der Waals surface area contributed by atoms with Crippen LogP contribution in [-0.2, 0) is 4.79 Å². The third-order valence-electron chi connectivity index (χ3n) is 4.32. The summed E-state index contributed by atoms with van der Waals surface area (Å²) in [5.74, 6) is -0.269. The maximum absolute atomic E-state index is 12.6. The summed E-state index contributed by atoms with van der Waals surface area (Å²) in [5.41, 5.74) is 3.42. The van der Waals surface area contributed by atoms with E-state index >= 15 is 0 Å². The molecule has 0 aliphatic heterocycles. The highest BCUT2D eigenvalue weighted by Crippen LogP contribution is 2.24. The third kappa shape index (κ3) is 5.05. The molecule has 0 saturated carbocycles. The van der Waals surface area contributed by atoms with Gasteiger partial charge in [0.15, 0.2) is 0 Å². The van der Waals surface area contributed by atoms with Crippen LogP contribution in [0.15, 0.2) is 84.9 Å². The lowest BCUT2D eigenvalue weighted by Crippen LogP contribution is -2.29. The number of carbonyl (C=O) groups is 2. The molecular formula is C23H22N2O2. The molecule has 0 aliphatic rings. The van der Waals surface area contributed by atoms with Crippen LogP contribution in [0.25, 0.3) is 0 Å². The summed E-state index contributed by atoms with van der Waals surface area (Å²) in [6.45, 7) is 1.92. The molecule has 136 valence electrons. The Morgan fingerprint density at radius 1 is 0.815 bits per heavy atom. The van der Waals surface area contributed by atoms with Crippen molar-refractivity contribution in [2.75, 3.05) is 11.9 Å². The van der Waals surface area contributed by atoms with E-state index in [4.69, 9.17) is 0 Å². The zero-order valence-corrected chi connectivity index (χ0v) is 15.2. The van der Waals surface area contributed by atoms with Gasteiger partial charge in [0.1, 0.15) is 0 Å².